The third kappa shape index (κ3) is 4.60. The molecule has 0 fully saturated rings. The molecular formula is C25H23N3O5S. The Morgan fingerprint density at radius 1 is 1.06 bits per heavy atom. The standard InChI is InChI=1S/C25H23N3O5S/c1-15-3-5-17(6-4-15)13-28-24-19(16(2)27-28)12-22(34-24)25(30)33-14-23(29)26-18-7-8-20-21(11-18)32-10-9-31-20/h3-8,11-12H,9-10,13-14H2,1-2H3,(H,26,29). The first kappa shape index (κ1) is 22.0. The number of amides is 1. The van der Waals surface area contributed by atoms with Gasteiger partial charge in [-0.15, -0.1) is 11.3 Å². The first-order valence-electron chi connectivity index (χ1n) is 10.9. The number of anilines is 1. The first-order chi connectivity index (χ1) is 16.5. The van der Waals surface area contributed by atoms with E-state index in [0.29, 0.717) is 41.8 Å². The number of carbonyl (C=O) groups is 2. The van der Waals surface area contributed by atoms with Crippen LogP contribution in [-0.4, -0.2) is 41.5 Å². The van der Waals surface area contributed by atoms with Crippen LogP contribution in [0.3, 0.4) is 0 Å². The van der Waals surface area contributed by atoms with E-state index in [1.165, 1.54) is 16.9 Å². The van der Waals surface area contributed by atoms with Crippen molar-refractivity contribution in [2.75, 3.05) is 25.1 Å². The number of aryl methyl sites for hydroxylation is 2. The number of ether oxygens (including phenoxy) is 3. The molecule has 0 saturated heterocycles. The average molecular weight is 478 g/mol. The molecule has 1 N–H and O–H groups in total. The molecule has 0 saturated carbocycles. The summed E-state index contributed by atoms with van der Waals surface area (Å²) in [4.78, 5) is 26.2. The van der Waals surface area contributed by atoms with E-state index in [2.05, 4.69) is 34.7 Å². The van der Waals surface area contributed by atoms with E-state index < -0.39 is 18.5 Å². The number of thiophene rings is 1. The molecule has 9 heteroatoms. The number of rotatable bonds is 6. The number of hydrogen-bond acceptors (Lipinski definition) is 7. The van der Waals surface area contributed by atoms with Gasteiger partial charge in [0.15, 0.2) is 18.1 Å². The third-order valence-electron chi connectivity index (χ3n) is 5.42. The molecule has 0 spiro atoms. The molecule has 2 aromatic carbocycles. The van der Waals surface area contributed by atoms with Crippen LogP contribution in [0.2, 0.25) is 0 Å². The fourth-order valence-electron chi connectivity index (χ4n) is 3.71. The topological polar surface area (TPSA) is 91.7 Å². The lowest BCUT2D eigenvalue weighted by Crippen LogP contribution is -2.21. The molecule has 3 heterocycles. The van der Waals surface area contributed by atoms with E-state index in [4.69, 9.17) is 14.2 Å². The second-order valence-corrected chi connectivity index (χ2v) is 9.07. The Balaban J connectivity index is 1.23. The maximum absolute atomic E-state index is 12.6. The molecule has 34 heavy (non-hydrogen) atoms. The number of esters is 1. The summed E-state index contributed by atoms with van der Waals surface area (Å²) in [6, 6.07) is 15.2. The molecule has 0 aliphatic carbocycles. The average Bonchev–Trinajstić information content (AvgIpc) is 3.40. The molecule has 8 nitrogen and oxygen atoms in total. The van der Waals surface area contributed by atoms with Crippen LogP contribution in [0.15, 0.2) is 48.5 Å². The molecule has 0 bridgehead atoms. The summed E-state index contributed by atoms with van der Waals surface area (Å²) in [5, 5.41) is 8.23. The van der Waals surface area contributed by atoms with Gasteiger partial charge >= 0.3 is 5.97 Å². The van der Waals surface area contributed by atoms with Crippen molar-refractivity contribution in [2.45, 2.75) is 20.4 Å². The number of nitrogens with one attached hydrogen (secondary N) is 1. The highest BCUT2D eigenvalue weighted by atomic mass is 32.1. The summed E-state index contributed by atoms with van der Waals surface area (Å²) in [7, 11) is 0. The molecule has 1 aliphatic heterocycles. The number of fused-ring (bicyclic) bond motifs is 2. The molecule has 0 unspecified atom stereocenters. The van der Waals surface area contributed by atoms with Gasteiger partial charge in [0.2, 0.25) is 0 Å². The Morgan fingerprint density at radius 3 is 2.62 bits per heavy atom. The molecule has 1 aliphatic rings. The van der Waals surface area contributed by atoms with Crippen LogP contribution < -0.4 is 14.8 Å². The van der Waals surface area contributed by atoms with Gasteiger partial charge in [-0.1, -0.05) is 29.8 Å². The van der Waals surface area contributed by atoms with Crippen molar-refractivity contribution in [3.63, 3.8) is 0 Å². The van der Waals surface area contributed by atoms with Gasteiger partial charge in [0.1, 0.15) is 22.9 Å². The summed E-state index contributed by atoms with van der Waals surface area (Å²) in [6.07, 6.45) is 0. The van der Waals surface area contributed by atoms with Crippen molar-refractivity contribution in [1.82, 2.24) is 9.78 Å². The molecule has 0 atom stereocenters. The van der Waals surface area contributed by atoms with E-state index in [1.54, 1.807) is 24.3 Å². The zero-order valence-electron chi connectivity index (χ0n) is 18.8. The lowest BCUT2D eigenvalue weighted by atomic mass is 10.1. The van der Waals surface area contributed by atoms with E-state index >= 15 is 0 Å². The SMILES string of the molecule is Cc1ccc(Cn2nc(C)c3cc(C(=O)OCC(=O)Nc4ccc5c(c4)OCCO5)sc32)cc1. The second kappa shape index (κ2) is 9.18. The molecule has 5 rings (SSSR count). The highest BCUT2D eigenvalue weighted by Gasteiger charge is 2.19. The minimum Gasteiger partial charge on any atom is -0.486 e. The monoisotopic (exact) mass is 477 g/mol. The smallest absolute Gasteiger partial charge is 0.348 e. The van der Waals surface area contributed by atoms with Gasteiger partial charge in [-0.2, -0.15) is 5.10 Å². The Kier molecular flexibility index (Phi) is 5.93. The van der Waals surface area contributed by atoms with Gasteiger partial charge in [0, 0.05) is 17.1 Å². The van der Waals surface area contributed by atoms with Crippen molar-refractivity contribution in [3.05, 3.63) is 70.2 Å². The van der Waals surface area contributed by atoms with Crippen LogP contribution in [0.4, 0.5) is 5.69 Å². The first-order valence-corrected chi connectivity index (χ1v) is 11.7. The van der Waals surface area contributed by atoms with E-state index in [-0.39, 0.29) is 0 Å². The summed E-state index contributed by atoms with van der Waals surface area (Å²) in [5.41, 5.74) is 3.71. The van der Waals surface area contributed by atoms with Crippen molar-refractivity contribution < 1.29 is 23.8 Å². The van der Waals surface area contributed by atoms with Crippen LogP contribution >= 0.6 is 11.3 Å². The van der Waals surface area contributed by atoms with Gasteiger partial charge in [-0.3, -0.25) is 9.48 Å². The Hall–Kier alpha value is -3.85. The van der Waals surface area contributed by atoms with Crippen LogP contribution in [0.25, 0.3) is 10.2 Å². The van der Waals surface area contributed by atoms with Gasteiger partial charge < -0.3 is 19.5 Å². The summed E-state index contributed by atoms with van der Waals surface area (Å²) in [5.74, 6) is 0.228. The van der Waals surface area contributed by atoms with Crippen LogP contribution in [-0.2, 0) is 16.1 Å². The highest BCUT2D eigenvalue weighted by molar-refractivity contribution is 7.20. The largest absolute Gasteiger partial charge is 0.486 e. The van der Waals surface area contributed by atoms with E-state index in [1.807, 2.05) is 18.5 Å². The molecule has 174 valence electrons. The molecule has 1 amide bonds. The third-order valence-corrected chi connectivity index (χ3v) is 6.55. The fraction of sp³-hybridized carbons (Fsp3) is 0.240. The van der Waals surface area contributed by atoms with Gasteiger partial charge in [-0.05, 0) is 37.6 Å². The molecule has 2 aromatic heterocycles. The lowest BCUT2D eigenvalue weighted by molar-refractivity contribution is -0.119. The van der Waals surface area contributed by atoms with Gasteiger partial charge in [0.25, 0.3) is 5.91 Å². The minimum atomic E-state index is -0.542. The van der Waals surface area contributed by atoms with Crippen molar-refractivity contribution in [1.29, 1.82) is 0 Å². The Bertz CT molecular complexity index is 1370. The van der Waals surface area contributed by atoms with Crippen molar-refractivity contribution in [3.8, 4) is 11.5 Å². The summed E-state index contributed by atoms with van der Waals surface area (Å²) in [6.45, 7) is 5.13. The second-order valence-electron chi connectivity index (χ2n) is 8.04. The van der Waals surface area contributed by atoms with Crippen molar-refractivity contribution in [2.24, 2.45) is 0 Å². The van der Waals surface area contributed by atoms with Crippen LogP contribution in [0.5, 0.6) is 11.5 Å². The zero-order chi connectivity index (χ0) is 23.7. The van der Waals surface area contributed by atoms with Gasteiger partial charge in [-0.25, -0.2) is 4.79 Å². The number of aromatic nitrogens is 2. The molecule has 4 aromatic rings. The Labute approximate surface area is 200 Å². The minimum absolute atomic E-state index is 0.393. The fourth-order valence-corrected chi connectivity index (χ4v) is 4.76. The maximum atomic E-state index is 12.6. The number of nitrogens with zero attached hydrogens (tertiary/aromatic N) is 2. The van der Waals surface area contributed by atoms with Gasteiger partial charge in [0.05, 0.1) is 12.2 Å². The predicted octanol–water partition coefficient (Wildman–Crippen LogP) is 4.33. The van der Waals surface area contributed by atoms with Crippen LogP contribution in [0.1, 0.15) is 26.5 Å². The number of hydrogen-bond donors (Lipinski definition) is 1. The summed E-state index contributed by atoms with van der Waals surface area (Å²) < 4.78 is 18.1. The van der Waals surface area contributed by atoms with E-state index in [9.17, 15) is 9.59 Å². The van der Waals surface area contributed by atoms with Crippen molar-refractivity contribution >= 4 is 39.1 Å². The highest BCUT2D eigenvalue weighted by Crippen LogP contribution is 2.33. The molecular weight excluding hydrogens is 454 g/mol. The normalized spacial score (nSPS) is 12.5. The van der Waals surface area contributed by atoms with Crippen LogP contribution in [0, 0.1) is 13.8 Å². The Morgan fingerprint density at radius 2 is 1.82 bits per heavy atom. The zero-order valence-corrected chi connectivity index (χ0v) is 19.6. The predicted molar refractivity (Wildman–Crippen MR) is 129 cm³/mol. The maximum Gasteiger partial charge on any atom is 0.348 e. The number of carbonyl (C=O) groups excluding carboxylic acids is 2. The van der Waals surface area contributed by atoms with E-state index in [0.717, 1.165) is 21.5 Å². The quantitative estimate of drug-likeness (QED) is 0.416. The number of benzene rings is 2. The summed E-state index contributed by atoms with van der Waals surface area (Å²) >= 11 is 1.31. The lowest BCUT2D eigenvalue weighted by Gasteiger charge is -2.18. The molecule has 0 radical (unpaired) electrons.